The summed E-state index contributed by atoms with van der Waals surface area (Å²) in [5.41, 5.74) is 0.501. The Labute approximate surface area is 127 Å². The molecule has 0 aliphatic heterocycles. The van der Waals surface area contributed by atoms with E-state index in [4.69, 9.17) is 11.6 Å². The Hall–Kier alpha value is -1.20. The Kier molecular flexibility index (Phi) is 4.60. The number of hydrogen-bond acceptors (Lipinski definition) is 1. The molecule has 6 heteroatoms. The lowest BCUT2D eigenvalue weighted by molar-refractivity contribution is -0.137. The molecular formula is C14H10BrClF3N. The summed E-state index contributed by atoms with van der Waals surface area (Å²) in [5, 5.41) is 3.52. The standard InChI is InChI=1S/C14H10BrClF3N/c15-11-6-5-10(14(17,18)19)7-13(11)20-8-9-3-1-2-4-12(9)16/h1-7,20H,8H2. The molecule has 0 radical (unpaired) electrons. The van der Waals surface area contributed by atoms with Crippen LogP contribution in [0.25, 0.3) is 0 Å². The van der Waals surface area contributed by atoms with Crippen molar-refractivity contribution in [1.29, 1.82) is 0 Å². The van der Waals surface area contributed by atoms with Crippen LogP contribution in [-0.2, 0) is 12.7 Å². The van der Waals surface area contributed by atoms with E-state index in [0.717, 1.165) is 17.7 Å². The van der Waals surface area contributed by atoms with Gasteiger partial charge in [0.1, 0.15) is 0 Å². The van der Waals surface area contributed by atoms with Crippen LogP contribution in [0.1, 0.15) is 11.1 Å². The summed E-state index contributed by atoms with van der Waals surface area (Å²) in [6, 6.07) is 10.6. The molecule has 0 saturated carbocycles. The van der Waals surface area contributed by atoms with E-state index < -0.39 is 11.7 Å². The van der Waals surface area contributed by atoms with Crippen molar-refractivity contribution in [3.63, 3.8) is 0 Å². The van der Waals surface area contributed by atoms with Crippen LogP contribution in [-0.4, -0.2) is 0 Å². The van der Waals surface area contributed by atoms with Crippen molar-refractivity contribution in [3.8, 4) is 0 Å². The number of rotatable bonds is 3. The zero-order valence-electron chi connectivity index (χ0n) is 10.1. The molecule has 0 bridgehead atoms. The topological polar surface area (TPSA) is 12.0 Å². The van der Waals surface area contributed by atoms with Crippen molar-refractivity contribution in [2.24, 2.45) is 0 Å². The van der Waals surface area contributed by atoms with Crippen molar-refractivity contribution in [3.05, 3.63) is 63.1 Å². The minimum Gasteiger partial charge on any atom is -0.380 e. The Bertz CT molecular complexity index is 614. The lowest BCUT2D eigenvalue weighted by Crippen LogP contribution is -2.07. The van der Waals surface area contributed by atoms with Crippen molar-refractivity contribution < 1.29 is 13.2 Å². The fraction of sp³-hybridized carbons (Fsp3) is 0.143. The van der Waals surface area contributed by atoms with Gasteiger partial charge in [-0.3, -0.25) is 0 Å². The predicted octanol–water partition coefficient (Wildman–Crippen LogP) is 5.73. The van der Waals surface area contributed by atoms with Crippen molar-refractivity contribution in [1.82, 2.24) is 0 Å². The molecule has 20 heavy (non-hydrogen) atoms. The molecule has 106 valence electrons. The summed E-state index contributed by atoms with van der Waals surface area (Å²) in [4.78, 5) is 0. The third-order valence-electron chi connectivity index (χ3n) is 2.72. The van der Waals surface area contributed by atoms with Gasteiger partial charge in [0.2, 0.25) is 0 Å². The van der Waals surface area contributed by atoms with E-state index in [2.05, 4.69) is 21.2 Å². The molecule has 1 N–H and O–H groups in total. The molecular weight excluding hydrogens is 355 g/mol. The molecule has 0 amide bonds. The van der Waals surface area contributed by atoms with Gasteiger partial charge in [0, 0.05) is 21.7 Å². The van der Waals surface area contributed by atoms with Gasteiger partial charge < -0.3 is 5.32 Å². The van der Waals surface area contributed by atoms with Gasteiger partial charge in [0.05, 0.1) is 5.56 Å². The number of hydrogen-bond donors (Lipinski definition) is 1. The lowest BCUT2D eigenvalue weighted by atomic mass is 10.1. The summed E-state index contributed by atoms with van der Waals surface area (Å²) in [6.07, 6.45) is -4.36. The van der Waals surface area contributed by atoms with Crippen molar-refractivity contribution in [2.45, 2.75) is 12.7 Å². The van der Waals surface area contributed by atoms with E-state index in [1.54, 1.807) is 12.1 Å². The summed E-state index contributed by atoms with van der Waals surface area (Å²) in [6.45, 7) is 0.347. The first-order valence-electron chi connectivity index (χ1n) is 5.72. The average Bonchev–Trinajstić information content (AvgIpc) is 2.38. The minimum absolute atomic E-state index is 0.347. The monoisotopic (exact) mass is 363 g/mol. The van der Waals surface area contributed by atoms with Crippen LogP contribution in [0.15, 0.2) is 46.9 Å². The van der Waals surface area contributed by atoms with Gasteiger partial charge in [-0.25, -0.2) is 0 Å². The summed E-state index contributed by atoms with van der Waals surface area (Å²) < 4.78 is 38.6. The second-order valence-corrected chi connectivity index (χ2v) is 5.40. The zero-order chi connectivity index (χ0) is 14.8. The van der Waals surface area contributed by atoms with Gasteiger partial charge in [-0.1, -0.05) is 29.8 Å². The van der Waals surface area contributed by atoms with Gasteiger partial charge in [-0.15, -0.1) is 0 Å². The SMILES string of the molecule is FC(F)(F)c1ccc(Br)c(NCc2ccccc2Cl)c1. The molecule has 0 spiro atoms. The molecule has 0 unspecified atom stereocenters. The third-order valence-corrected chi connectivity index (χ3v) is 3.78. The maximum atomic E-state index is 12.7. The third kappa shape index (κ3) is 3.67. The highest BCUT2D eigenvalue weighted by molar-refractivity contribution is 9.10. The molecule has 0 aliphatic rings. The molecule has 0 saturated heterocycles. The van der Waals surface area contributed by atoms with Crippen LogP contribution in [0.5, 0.6) is 0 Å². The molecule has 0 aliphatic carbocycles. The Balaban J connectivity index is 2.19. The molecule has 1 nitrogen and oxygen atoms in total. The molecule has 0 heterocycles. The summed E-state index contributed by atoms with van der Waals surface area (Å²) in [5.74, 6) is 0. The number of alkyl halides is 3. The Morgan fingerprint density at radius 1 is 1.10 bits per heavy atom. The highest BCUT2D eigenvalue weighted by atomic mass is 79.9. The first-order chi connectivity index (χ1) is 9.38. The fourth-order valence-corrected chi connectivity index (χ4v) is 2.26. The number of nitrogens with one attached hydrogen (secondary N) is 1. The maximum absolute atomic E-state index is 12.7. The number of halogens is 5. The Morgan fingerprint density at radius 3 is 2.45 bits per heavy atom. The molecule has 0 aromatic heterocycles. The number of anilines is 1. The molecule has 2 aromatic rings. The van der Waals surface area contributed by atoms with E-state index in [1.165, 1.54) is 6.07 Å². The van der Waals surface area contributed by atoms with Gasteiger partial charge in [0.25, 0.3) is 0 Å². The quantitative estimate of drug-likeness (QED) is 0.733. The molecule has 2 rings (SSSR count). The second-order valence-electron chi connectivity index (χ2n) is 4.14. The minimum atomic E-state index is -4.36. The Morgan fingerprint density at radius 2 is 1.80 bits per heavy atom. The first-order valence-corrected chi connectivity index (χ1v) is 6.89. The van der Waals surface area contributed by atoms with Gasteiger partial charge in [-0.2, -0.15) is 13.2 Å². The molecule has 0 atom stereocenters. The van der Waals surface area contributed by atoms with Crippen LogP contribution < -0.4 is 5.32 Å². The highest BCUT2D eigenvalue weighted by Crippen LogP contribution is 2.34. The van der Waals surface area contributed by atoms with E-state index in [0.29, 0.717) is 21.7 Å². The largest absolute Gasteiger partial charge is 0.416 e. The smallest absolute Gasteiger partial charge is 0.380 e. The van der Waals surface area contributed by atoms with E-state index >= 15 is 0 Å². The first kappa shape index (κ1) is 15.2. The van der Waals surface area contributed by atoms with E-state index in [-0.39, 0.29) is 0 Å². The van der Waals surface area contributed by atoms with Crippen LogP contribution in [0.3, 0.4) is 0 Å². The highest BCUT2D eigenvalue weighted by Gasteiger charge is 2.30. The normalized spacial score (nSPS) is 11.4. The average molecular weight is 365 g/mol. The van der Waals surface area contributed by atoms with Crippen LogP contribution in [0.4, 0.5) is 18.9 Å². The van der Waals surface area contributed by atoms with Gasteiger partial charge in [0.15, 0.2) is 0 Å². The molecule has 0 fully saturated rings. The van der Waals surface area contributed by atoms with Gasteiger partial charge >= 0.3 is 6.18 Å². The van der Waals surface area contributed by atoms with Gasteiger partial charge in [-0.05, 0) is 45.8 Å². The van der Waals surface area contributed by atoms with Crippen LogP contribution >= 0.6 is 27.5 Å². The second kappa shape index (κ2) is 6.06. The number of benzene rings is 2. The van der Waals surface area contributed by atoms with Crippen LogP contribution in [0, 0.1) is 0 Å². The van der Waals surface area contributed by atoms with Crippen LogP contribution in [0.2, 0.25) is 5.02 Å². The zero-order valence-corrected chi connectivity index (χ0v) is 12.5. The lowest BCUT2D eigenvalue weighted by Gasteiger charge is -2.13. The summed E-state index contributed by atoms with van der Waals surface area (Å²) in [7, 11) is 0. The maximum Gasteiger partial charge on any atom is 0.416 e. The van der Waals surface area contributed by atoms with Crippen molar-refractivity contribution >= 4 is 33.2 Å². The van der Waals surface area contributed by atoms with E-state index in [1.807, 2.05) is 12.1 Å². The fourth-order valence-electron chi connectivity index (χ4n) is 1.67. The van der Waals surface area contributed by atoms with E-state index in [9.17, 15) is 13.2 Å². The summed E-state index contributed by atoms with van der Waals surface area (Å²) >= 11 is 9.23. The molecule has 2 aromatic carbocycles. The van der Waals surface area contributed by atoms with Crippen molar-refractivity contribution in [2.75, 3.05) is 5.32 Å². The predicted molar refractivity (Wildman–Crippen MR) is 77.9 cm³/mol.